The molecule has 2 rings (SSSR count). The highest BCUT2D eigenvalue weighted by Gasteiger charge is 2.27. The van der Waals surface area contributed by atoms with Crippen molar-refractivity contribution in [1.29, 1.82) is 0 Å². The summed E-state index contributed by atoms with van der Waals surface area (Å²) in [4.78, 5) is 7.73. The molecule has 1 atom stereocenters. The molecule has 0 bridgehead atoms. The van der Waals surface area contributed by atoms with E-state index in [9.17, 15) is 0 Å². The summed E-state index contributed by atoms with van der Waals surface area (Å²) in [7, 11) is 1.68. The number of aromatic amines is 1. The van der Waals surface area contributed by atoms with Crippen LogP contribution in [0.4, 0.5) is 0 Å². The van der Waals surface area contributed by atoms with Crippen molar-refractivity contribution in [2.75, 3.05) is 7.11 Å². The number of methoxy groups -OCH3 is 1. The molecular formula is C12H14Cl2N2O. The monoisotopic (exact) mass is 272 g/mol. The Kier molecular flexibility index (Phi) is 3.34. The summed E-state index contributed by atoms with van der Waals surface area (Å²) in [6.45, 7) is 4.05. The normalized spacial score (nSPS) is 15.1. The van der Waals surface area contributed by atoms with E-state index >= 15 is 0 Å². The Morgan fingerprint density at radius 2 is 2.00 bits per heavy atom. The van der Waals surface area contributed by atoms with Gasteiger partial charge in [0.15, 0.2) is 0 Å². The fourth-order valence-electron chi connectivity index (χ4n) is 1.66. The van der Waals surface area contributed by atoms with Gasteiger partial charge in [-0.2, -0.15) is 0 Å². The number of halogens is 2. The molecule has 1 aromatic heterocycles. The van der Waals surface area contributed by atoms with Gasteiger partial charge in [-0.3, -0.25) is 0 Å². The van der Waals surface area contributed by atoms with E-state index in [1.807, 2.05) is 6.92 Å². The Labute approximate surface area is 110 Å². The van der Waals surface area contributed by atoms with Gasteiger partial charge in [-0.1, -0.05) is 30.1 Å². The lowest BCUT2D eigenvalue weighted by Crippen LogP contribution is -2.24. The van der Waals surface area contributed by atoms with Gasteiger partial charge in [-0.15, -0.1) is 0 Å². The third-order valence-electron chi connectivity index (χ3n) is 3.15. The standard InChI is InChI=1S/C12H14Cl2N2O/c1-4-12(2,17-3)11-15-9-5-7(13)8(14)6-10(9)16-11/h5-6H,4H2,1-3H3,(H,15,16). The number of H-pyrrole nitrogens is 1. The van der Waals surface area contributed by atoms with Crippen LogP contribution in [0.2, 0.25) is 10.0 Å². The molecule has 17 heavy (non-hydrogen) atoms. The number of nitrogens with one attached hydrogen (secondary N) is 1. The first-order valence-corrected chi connectivity index (χ1v) is 6.16. The second-order valence-corrected chi connectivity index (χ2v) is 4.97. The van der Waals surface area contributed by atoms with Crippen molar-refractivity contribution in [3.8, 4) is 0 Å². The van der Waals surface area contributed by atoms with Crippen molar-refractivity contribution in [1.82, 2.24) is 9.97 Å². The van der Waals surface area contributed by atoms with Gasteiger partial charge < -0.3 is 9.72 Å². The Morgan fingerprint density at radius 3 is 2.59 bits per heavy atom. The summed E-state index contributed by atoms with van der Waals surface area (Å²) in [6.07, 6.45) is 0.824. The van der Waals surface area contributed by atoms with Crippen LogP contribution in [0.5, 0.6) is 0 Å². The van der Waals surface area contributed by atoms with E-state index in [-0.39, 0.29) is 0 Å². The number of hydrogen-bond acceptors (Lipinski definition) is 2. The number of nitrogens with zero attached hydrogens (tertiary/aromatic N) is 1. The summed E-state index contributed by atoms with van der Waals surface area (Å²) in [5, 5.41) is 1.03. The fourth-order valence-corrected chi connectivity index (χ4v) is 1.99. The average molecular weight is 273 g/mol. The van der Waals surface area contributed by atoms with Crippen molar-refractivity contribution in [3.63, 3.8) is 0 Å². The van der Waals surface area contributed by atoms with Gasteiger partial charge in [0.05, 0.1) is 21.1 Å². The fraction of sp³-hybridized carbons (Fsp3) is 0.417. The smallest absolute Gasteiger partial charge is 0.139 e. The lowest BCUT2D eigenvalue weighted by Gasteiger charge is -2.23. The van der Waals surface area contributed by atoms with Crippen LogP contribution in [-0.2, 0) is 10.3 Å². The van der Waals surface area contributed by atoms with Gasteiger partial charge in [0, 0.05) is 7.11 Å². The molecule has 92 valence electrons. The highest BCUT2D eigenvalue weighted by atomic mass is 35.5. The van der Waals surface area contributed by atoms with Gasteiger partial charge in [0.2, 0.25) is 0 Å². The first kappa shape index (κ1) is 12.7. The van der Waals surface area contributed by atoms with Crippen molar-refractivity contribution in [2.24, 2.45) is 0 Å². The minimum atomic E-state index is -0.419. The highest BCUT2D eigenvalue weighted by Crippen LogP contribution is 2.31. The second-order valence-electron chi connectivity index (χ2n) is 4.16. The van der Waals surface area contributed by atoms with Crippen LogP contribution in [0.25, 0.3) is 11.0 Å². The number of hydrogen-bond donors (Lipinski definition) is 1. The molecule has 0 fully saturated rings. The second kappa shape index (κ2) is 4.48. The lowest BCUT2D eigenvalue weighted by atomic mass is 10.0. The Bertz CT molecular complexity index is 508. The van der Waals surface area contributed by atoms with E-state index in [0.29, 0.717) is 10.0 Å². The maximum Gasteiger partial charge on any atom is 0.139 e. The molecule has 0 spiro atoms. The van der Waals surface area contributed by atoms with Crippen LogP contribution in [0.3, 0.4) is 0 Å². The number of rotatable bonds is 3. The van der Waals surface area contributed by atoms with Gasteiger partial charge in [0.25, 0.3) is 0 Å². The van der Waals surface area contributed by atoms with Crippen molar-refractivity contribution in [3.05, 3.63) is 28.0 Å². The van der Waals surface area contributed by atoms with Crippen LogP contribution in [-0.4, -0.2) is 17.1 Å². The average Bonchev–Trinajstić information content (AvgIpc) is 2.72. The highest BCUT2D eigenvalue weighted by molar-refractivity contribution is 6.42. The van der Waals surface area contributed by atoms with Crippen molar-refractivity contribution in [2.45, 2.75) is 25.9 Å². The Hall–Kier alpha value is -0.770. The van der Waals surface area contributed by atoms with Crippen LogP contribution in [0.1, 0.15) is 26.1 Å². The zero-order valence-electron chi connectivity index (χ0n) is 9.97. The van der Waals surface area contributed by atoms with Gasteiger partial charge in [0.1, 0.15) is 11.4 Å². The molecular weight excluding hydrogens is 259 g/mol. The molecule has 0 saturated carbocycles. The minimum absolute atomic E-state index is 0.419. The number of benzene rings is 1. The topological polar surface area (TPSA) is 37.9 Å². The van der Waals surface area contributed by atoms with E-state index in [2.05, 4.69) is 16.9 Å². The number of aromatic nitrogens is 2. The summed E-state index contributed by atoms with van der Waals surface area (Å²) in [6, 6.07) is 3.53. The molecule has 3 nitrogen and oxygen atoms in total. The van der Waals surface area contributed by atoms with Crippen molar-refractivity contribution < 1.29 is 4.74 Å². The SMILES string of the molecule is CCC(C)(OC)c1nc2cc(Cl)c(Cl)cc2[nH]1. The van der Waals surface area contributed by atoms with Gasteiger partial charge in [-0.25, -0.2) is 4.98 Å². The molecule has 0 radical (unpaired) electrons. The molecule has 0 saturated heterocycles. The molecule has 0 aliphatic carbocycles. The van der Waals surface area contributed by atoms with E-state index in [0.717, 1.165) is 23.3 Å². The van der Waals surface area contributed by atoms with E-state index in [1.165, 1.54) is 0 Å². The molecule has 5 heteroatoms. The summed E-state index contributed by atoms with van der Waals surface area (Å²) >= 11 is 11.9. The molecule has 1 heterocycles. The number of ether oxygens (including phenoxy) is 1. The number of imidazole rings is 1. The van der Waals surface area contributed by atoms with Crippen LogP contribution < -0.4 is 0 Å². The first-order valence-electron chi connectivity index (χ1n) is 5.40. The van der Waals surface area contributed by atoms with Crippen LogP contribution in [0, 0.1) is 0 Å². The molecule has 0 aliphatic heterocycles. The summed E-state index contributed by atoms with van der Waals surface area (Å²) in [5.41, 5.74) is 1.25. The van der Waals surface area contributed by atoms with Crippen molar-refractivity contribution >= 4 is 34.2 Å². The molecule has 2 aromatic rings. The third-order valence-corrected chi connectivity index (χ3v) is 3.87. The van der Waals surface area contributed by atoms with E-state index < -0.39 is 5.60 Å². The lowest BCUT2D eigenvalue weighted by molar-refractivity contribution is -0.00803. The number of fused-ring (bicyclic) bond motifs is 1. The van der Waals surface area contributed by atoms with Gasteiger partial charge >= 0.3 is 0 Å². The molecule has 1 unspecified atom stereocenters. The first-order chi connectivity index (χ1) is 8.00. The maximum atomic E-state index is 5.97. The summed E-state index contributed by atoms with van der Waals surface area (Å²) < 4.78 is 5.50. The van der Waals surface area contributed by atoms with E-state index in [1.54, 1.807) is 19.2 Å². The van der Waals surface area contributed by atoms with Crippen LogP contribution >= 0.6 is 23.2 Å². The predicted molar refractivity (Wildman–Crippen MR) is 70.8 cm³/mol. The Morgan fingerprint density at radius 1 is 1.35 bits per heavy atom. The van der Waals surface area contributed by atoms with E-state index in [4.69, 9.17) is 27.9 Å². The third kappa shape index (κ3) is 2.15. The minimum Gasteiger partial charge on any atom is -0.371 e. The quantitative estimate of drug-likeness (QED) is 0.912. The largest absolute Gasteiger partial charge is 0.371 e. The molecule has 1 aromatic carbocycles. The predicted octanol–water partition coefficient (Wildman–Crippen LogP) is 4.14. The molecule has 1 N–H and O–H groups in total. The molecule has 0 amide bonds. The maximum absolute atomic E-state index is 5.97. The van der Waals surface area contributed by atoms with Gasteiger partial charge in [-0.05, 0) is 25.5 Å². The molecule has 0 aliphatic rings. The Balaban J connectivity index is 2.58. The summed E-state index contributed by atoms with van der Waals surface area (Å²) in [5.74, 6) is 0.788. The van der Waals surface area contributed by atoms with Crippen LogP contribution in [0.15, 0.2) is 12.1 Å². The zero-order chi connectivity index (χ0) is 12.6. The zero-order valence-corrected chi connectivity index (χ0v) is 11.5.